The zero-order valence-electron chi connectivity index (χ0n) is 18.9. The predicted molar refractivity (Wildman–Crippen MR) is 126 cm³/mol. The van der Waals surface area contributed by atoms with Gasteiger partial charge in [0.25, 0.3) is 0 Å². The van der Waals surface area contributed by atoms with Crippen molar-refractivity contribution in [2.45, 2.75) is 31.1 Å². The molecule has 0 amide bonds. The van der Waals surface area contributed by atoms with Gasteiger partial charge in [-0.15, -0.1) is 0 Å². The van der Waals surface area contributed by atoms with Crippen molar-refractivity contribution < 1.29 is 17.9 Å². The van der Waals surface area contributed by atoms with Crippen molar-refractivity contribution in [3.8, 4) is 11.8 Å². The van der Waals surface area contributed by atoms with Crippen LogP contribution in [0.4, 0.5) is 5.69 Å². The van der Waals surface area contributed by atoms with Gasteiger partial charge in [-0.25, -0.2) is 8.42 Å². The van der Waals surface area contributed by atoms with Crippen LogP contribution >= 0.6 is 0 Å². The van der Waals surface area contributed by atoms with E-state index in [-0.39, 0.29) is 4.90 Å². The van der Waals surface area contributed by atoms with E-state index in [0.29, 0.717) is 50.5 Å². The van der Waals surface area contributed by atoms with E-state index >= 15 is 0 Å². The average Bonchev–Trinajstić information content (AvgIpc) is 3.26. The maximum absolute atomic E-state index is 13.0. The van der Waals surface area contributed by atoms with E-state index in [1.165, 1.54) is 11.4 Å². The lowest BCUT2D eigenvalue weighted by Gasteiger charge is -2.26. The summed E-state index contributed by atoms with van der Waals surface area (Å²) in [7, 11) is -2.07. The van der Waals surface area contributed by atoms with Crippen molar-refractivity contribution in [3.63, 3.8) is 0 Å². The first-order valence-corrected chi connectivity index (χ1v) is 12.5. The van der Waals surface area contributed by atoms with Gasteiger partial charge in [0, 0.05) is 61.1 Å². The molecule has 1 aromatic heterocycles. The minimum Gasteiger partial charge on any atom is -0.496 e. The Kier molecular flexibility index (Phi) is 6.98. The number of pyridine rings is 1. The van der Waals surface area contributed by atoms with E-state index in [4.69, 9.17) is 14.5 Å². The lowest BCUT2D eigenvalue weighted by atomic mass is 10.0. The molecule has 1 N–H and O–H groups in total. The van der Waals surface area contributed by atoms with Gasteiger partial charge in [-0.2, -0.15) is 9.57 Å². The molecule has 0 unspecified atom stereocenters. The fourth-order valence-electron chi connectivity index (χ4n) is 4.16. The maximum atomic E-state index is 13.0. The van der Waals surface area contributed by atoms with Gasteiger partial charge in [0.15, 0.2) is 0 Å². The number of aromatic nitrogens is 1. The smallest absolute Gasteiger partial charge is 0.243 e. The van der Waals surface area contributed by atoms with E-state index in [1.807, 2.05) is 12.1 Å². The number of nitrogens with one attached hydrogen (secondary N) is 1. The van der Waals surface area contributed by atoms with Gasteiger partial charge in [-0.05, 0) is 18.6 Å². The monoisotopic (exact) mass is 468 g/mol. The summed E-state index contributed by atoms with van der Waals surface area (Å²) in [6, 6.07) is 9.24. The third kappa shape index (κ3) is 4.74. The van der Waals surface area contributed by atoms with Crippen molar-refractivity contribution in [2.24, 2.45) is 0 Å². The molecule has 0 bridgehead atoms. The fraction of sp³-hybridized carbons (Fsp3) is 0.417. The van der Waals surface area contributed by atoms with Crippen LogP contribution in [0.2, 0.25) is 0 Å². The van der Waals surface area contributed by atoms with Crippen molar-refractivity contribution >= 4 is 21.3 Å². The summed E-state index contributed by atoms with van der Waals surface area (Å²) in [5, 5.41) is 12.9. The van der Waals surface area contributed by atoms with Gasteiger partial charge in [-0.3, -0.25) is 4.98 Å². The highest BCUT2D eigenvalue weighted by atomic mass is 32.2. The molecule has 33 heavy (non-hydrogen) atoms. The zero-order chi connectivity index (χ0) is 23.4. The third-order valence-corrected chi connectivity index (χ3v) is 7.73. The van der Waals surface area contributed by atoms with Crippen LogP contribution in [0.1, 0.15) is 35.9 Å². The summed E-state index contributed by atoms with van der Waals surface area (Å²) in [5.41, 5.74) is 5.01. The van der Waals surface area contributed by atoms with Crippen LogP contribution in [0.15, 0.2) is 35.2 Å². The molecule has 0 radical (unpaired) electrons. The van der Waals surface area contributed by atoms with Crippen molar-refractivity contribution in [1.82, 2.24) is 9.29 Å². The fourth-order valence-corrected chi connectivity index (χ4v) is 5.58. The molecule has 2 heterocycles. The first-order chi connectivity index (χ1) is 16.0. The number of sulfonamides is 1. The second kappa shape index (κ2) is 9.91. The Balaban J connectivity index is 1.64. The van der Waals surface area contributed by atoms with Crippen LogP contribution in [0.5, 0.6) is 5.75 Å². The summed E-state index contributed by atoms with van der Waals surface area (Å²) in [6.07, 6.45) is 3.98. The number of nitrogens with zero attached hydrogens (tertiary/aromatic N) is 3. The summed E-state index contributed by atoms with van der Waals surface area (Å²) < 4.78 is 38.3. The molecule has 1 saturated heterocycles. The molecule has 4 rings (SSSR count). The quantitative estimate of drug-likeness (QED) is 0.635. The number of hydrogen-bond donors (Lipinski definition) is 1. The number of rotatable bonds is 8. The number of morpholine rings is 1. The Morgan fingerprint density at radius 1 is 1.27 bits per heavy atom. The Morgan fingerprint density at radius 2 is 2.06 bits per heavy atom. The lowest BCUT2D eigenvalue weighted by molar-refractivity contribution is 0.0730. The summed E-state index contributed by atoms with van der Waals surface area (Å²) in [5.74, 6) is 0.505. The highest BCUT2D eigenvalue weighted by Gasteiger charge is 2.27. The van der Waals surface area contributed by atoms with Crippen molar-refractivity contribution in [1.29, 1.82) is 5.26 Å². The highest BCUT2D eigenvalue weighted by Crippen LogP contribution is 2.34. The van der Waals surface area contributed by atoms with Crippen LogP contribution in [0.3, 0.4) is 0 Å². The zero-order valence-corrected chi connectivity index (χ0v) is 19.7. The first kappa shape index (κ1) is 23.2. The number of ether oxygens (including phenoxy) is 2. The van der Waals surface area contributed by atoms with Crippen LogP contribution in [-0.4, -0.2) is 57.7 Å². The van der Waals surface area contributed by atoms with Gasteiger partial charge in [0.2, 0.25) is 10.0 Å². The van der Waals surface area contributed by atoms with Gasteiger partial charge in [-0.1, -0.05) is 19.1 Å². The van der Waals surface area contributed by atoms with Gasteiger partial charge in [0.1, 0.15) is 5.75 Å². The summed E-state index contributed by atoms with van der Waals surface area (Å²) >= 11 is 0. The Hall–Kier alpha value is -2.93. The first-order valence-electron chi connectivity index (χ1n) is 11.1. The number of benzene rings is 1. The van der Waals surface area contributed by atoms with Crippen LogP contribution < -0.4 is 10.1 Å². The molecule has 0 saturated carbocycles. The standard InChI is InChI=1S/C24H28N4O4S/c1-3-8-26-22-14-19(27-21-7-5-18(16-25)24(21)22)13-17-4-6-20(15-23(17)31-2)33(29,30)28-9-11-32-12-10-28/h4-6,14-15H,3,7-13H2,1-2H3,(H,26,27). The van der Waals surface area contributed by atoms with Gasteiger partial charge < -0.3 is 14.8 Å². The van der Waals surface area contributed by atoms with Crippen LogP contribution in [0, 0.1) is 11.3 Å². The van der Waals surface area contributed by atoms with E-state index in [2.05, 4.69) is 18.3 Å². The van der Waals surface area contributed by atoms with E-state index in [9.17, 15) is 13.7 Å². The highest BCUT2D eigenvalue weighted by molar-refractivity contribution is 7.89. The Bertz CT molecular complexity index is 1210. The number of anilines is 1. The lowest BCUT2D eigenvalue weighted by Crippen LogP contribution is -2.40. The molecule has 8 nitrogen and oxygen atoms in total. The SMILES string of the molecule is CCCNc1cc(Cc2ccc(S(=O)(=O)N3CCOCC3)cc2OC)nc2c1C(C#N)=CC2. The topological polar surface area (TPSA) is 105 Å². The number of fused-ring (bicyclic) bond motifs is 1. The van der Waals surface area contributed by atoms with E-state index in [1.54, 1.807) is 18.2 Å². The molecule has 0 spiro atoms. The molecule has 9 heteroatoms. The minimum absolute atomic E-state index is 0.208. The molecular weight excluding hydrogens is 440 g/mol. The largest absolute Gasteiger partial charge is 0.496 e. The van der Waals surface area contributed by atoms with Gasteiger partial charge in [0.05, 0.1) is 42.6 Å². The predicted octanol–water partition coefficient (Wildman–Crippen LogP) is 2.99. The second-order valence-corrected chi connectivity index (χ2v) is 9.95. The van der Waals surface area contributed by atoms with Crippen molar-refractivity contribution in [2.75, 3.05) is 45.3 Å². The van der Waals surface area contributed by atoms with Crippen LogP contribution in [0.25, 0.3) is 5.57 Å². The molecule has 2 aromatic rings. The maximum Gasteiger partial charge on any atom is 0.243 e. The minimum atomic E-state index is -3.61. The second-order valence-electron chi connectivity index (χ2n) is 8.01. The molecule has 174 valence electrons. The van der Waals surface area contributed by atoms with Crippen molar-refractivity contribution in [3.05, 3.63) is 52.9 Å². The number of methoxy groups -OCH3 is 1. The number of nitriles is 1. The molecular formula is C24H28N4O4S. The number of hydrogen-bond acceptors (Lipinski definition) is 7. The molecule has 1 aliphatic heterocycles. The molecule has 1 aliphatic carbocycles. The molecule has 0 atom stereocenters. The van der Waals surface area contributed by atoms with E-state index < -0.39 is 10.0 Å². The molecule has 2 aliphatic rings. The Morgan fingerprint density at radius 3 is 2.76 bits per heavy atom. The van der Waals surface area contributed by atoms with E-state index in [0.717, 1.165) is 41.2 Å². The Labute approximate surface area is 194 Å². The molecule has 1 aromatic carbocycles. The average molecular weight is 469 g/mol. The third-order valence-electron chi connectivity index (χ3n) is 5.84. The summed E-state index contributed by atoms with van der Waals surface area (Å²) in [4.78, 5) is 5.00. The van der Waals surface area contributed by atoms with Gasteiger partial charge >= 0.3 is 0 Å². The normalized spacial score (nSPS) is 16.1. The summed E-state index contributed by atoms with van der Waals surface area (Å²) in [6.45, 7) is 4.37. The molecule has 1 fully saturated rings. The number of allylic oxidation sites excluding steroid dienone is 2. The van der Waals surface area contributed by atoms with Crippen LogP contribution in [-0.2, 0) is 27.6 Å².